The maximum atomic E-state index is 13.7. The van der Waals surface area contributed by atoms with Crippen molar-refractivity contribution in [1.29, 1.82) is 0 Å². The molecule has 0 aliphatic carbocycles. The number of nitrogens with one attached hydrogen (secondary N) is 1. The van der Waals surface area contributed by atoms with Crippen LogP contribution in [-0.2, 0) is 13.6 Å². The summed E-state index contributed by atoms with van der Waals surface area (Å²) >= 11 is 0. The molecular formula is C15H22FN2O3P. The van der Waals surface area contributed by atoms with Crippen molar-refractivity contribution in [3.05, 3.63) is 35.4 Å². The predicted octanol–water partition coefficient (Wildman–Crippen LogP) is 3.43. The highest BCUT2D eigenvalue weighted by atomic mass is 31.2. The van der Waals surface area contributed by atoms with Gasteiger partial charge in [-0.1, -0.05) is 0 Å². The summed E-state index contributed by atoms with van der Waals surface area (Å²) in [5.74, 6) is 1.11. The molecule has 0 aromatic heterocycles. The number of rotatable bonds is 5. The van der Waals surface area contributed by atoms with E-state index in [2.05, 4.69) is 5.32 Å². The number of halogens is 1. The van der Waals surface area contributed by atoms with Gasteiger partial charge >= 0.3 is 7.60 Å². The molecule has 0 spiro atoms. The fourth-order valence-electron chi connectivity index (χ4n) is 2.38. The van der Waals surface area contributed by atoms with Crippen molar-refractivity contribution < 1.29 is 18.0 Å². The molecule has 1 aliphatic heterocycles. The van der Waals surface area contributed by atoms with Gasteiger partial charge in [0.25, 0.3) is 0 Å². The molecule has 1 heterocycles. The highest BCUT2D eigenvalue weighted by Crippen LogP contribution is 2.51. The van der Waals surface area contributed by atoms with E-state index in [1.165, 1.54) is 17.9 Å². The topological polar surface area (TPSA) is 50.8 Å². The maximum absolute atomic E-state index is 13.7. The average molecular weight is 328 g/mol. The predicted molar refractivity (Wildman–Crippen MR) is 86.5 cm³/mol. The van der Waals surface area contributed by atoms with Crippen LogP contribution in [0.2, 0.25) is 0 Å². The van der Waals surface area contributed by atoms with Crippen LogP contribution in [0.4, 0.5) is 10.1 Å². The smallest absolute Gasteiger partial charge is 0.356 e. The first-order valence-electron chi connectivity index (χ1n) is 7.35. The van der Waals surface area contributed by atoms with Crippen LogP contribution >= 0.6 is 7.60 Å². The number of hydrogen-bond acceptors (Lipinski definition) is 5. The van der Waals surface area contributed by atoms with Gasteiger partial charge in [-0.2, -0.15) is 0 Å². The average Bonchev–Trinajstić information content (AvgIpc) is 2.59. The van der Waals surface area contributed by atoms with Crippen molar-refractivity contribution in [3.63, 3.8) is 0 Å². The summed E-state index contributed by atoms with van der Waals surface area (Å²) in [7, 11) is -1.43. The lowest BCUT2D eigenvalue weighted by Crippen LogP contribution is -2.24. The zero-order chi connectivity index (χ0) is 16.2. The molecule has 1 aliphatic rings. The van der Waals surface area contributed by atoms with Crippen molar-refractivity contribution in [3.8, 4) is 0 Å². The SMILES string of the molecule is CCOP(=O)(/C=C1\NCCN(C)c2ccc(F)cc21)OCC. The molecule has 1 N–H and O–H groups in total. The summed E-state index contributed by atoms with van der Waals surface area (Å²) in [5.41, 5.74) is 2.10. The number of fused-ring (bicyclic) bond motifs is 1. The van der Waals surface area contributed by atoms with Gasteiger partial charge in [0, 0.05) is 31.4 Å². The zero-order valence-electron chi connectivity index (χ0n) is 13.1. The van der Waals surface area contributed by atoms with Crippen LogP contribution < -0.4 is 10.2 Å². The molecule has 0 bridgehead atoms. The van der Waals surface area contributed by atoms with Crippen molar-refractivity contribution >= 4 is 19.0 Å². The lowest BCUT2D eigenvalue weighted by molar-refractivity contribution is 0.229. The largest absolute Gasteiger partial charge is 0.382 e. The molecular weight excluding hydrogens is 306 g/mol. The van der Waals surface area contributed by atoms with E-state index in [0.29, 0.717) is 17.8 Å². The number of hydrogen-bond donors (Lipinski definition) is 1. The zero-order valence-corrected chi connectivity index (χ0v) is 14.0. The van der Waals surface area contributed by atoms with Gasteiger partial charge in [0.2, 0.25) is 0 Å². The minimum Gasteiger partial charge on any atom is -0.382 e. The Kier molecular flexibility index (Phi) is 5.62. The lowest BCUT2D eigenvalue weighted by Gasteiger charge is -2.19. The highest BCUT2D eigenvalue weighted by molar-refractivity contribution is 7.57. The van der Waals surface area contributed by atoms with E-state index < -0.39 is 7.60 Å². The second-order valence-electron chi connectivity index (χ2n) is 4.93. The number of nitrogens with zero attached hydrogens (tertiary/aromatic N) is 1. The van der Waals surface area contributed by atoms with E-state index in [4.69, 9.17) is 9.05 Å². The van der Waals surface area contributed by atoms with Gasteiger partial charge in [-0.15, -0.1) is 0 Å². The molecule has 22 heavy (non-hydrogen) atoms. The third-order valence-electron chi connectivity index (χ3n) is 3.33. The summed E-state index contributed by atoms with van der Waals surface area (Å²) in [5, 5.41) is 3.19. The Morgan fingerprint density at radius 1 is 1.36 bits per heavy atom. The number of benzene rings is 1. The molecule has 0 saturated carbocycles. The number of anilines is 1. The van der Waals surface area contributed by atoms with Gasteiger partial charge in [0.15, 0.2) is 0 Å². The standard InChI is InChI=1S/C15H22FN2O3P/c1-4-20-22(19,21-5-2)11-14-13-10-12(16)6-7-15(13)18(3)9-8-17-14/h6-7,10-11,17H,4-5,8-9H2,1-3H3/b14-11-. The molecule has 1 aromatic carbocycles. The van der Waals surface area contributed by atoms with Crippen LogP contribution in [0.25, 0.3) is 5.70 Å². The van der Waals surface area contributed by atoms with Gasteiger partial charge in [0.1, 0.15) is 5.82 Å². The maximum Gasteiger partial charge on any atom is 0.356 e. The molecule has 1 aromatic rings. The Morgan fingerprint density at radius 3 is 2.68 bits per heavy atom. The van der Waals surface area contributed by atoms with Crippen molar-refractivity contribution in [2.45, 2.75) is 13.8 Å². The van der Waals surface area contributed by atoms with Crippen LogP contribution in [0, 0.1) is 5.82 Å². The molecule has 0 unspecified atom stereocenters. The minimum atomic E-state index is -3.36. The van der Waals surface area contributed by atoms with E-state index in [0.717, 1.165) is 12.2 Å². The van der Waals surface area contributed by atoms with Crippen molar-refractivity contribution in [1.82, 2.24) is 5.32 Å². The van der Waals surface area contributed by atoms with Crippen LogP contribution in [-0.4, -0.2) is 33.4 Å². The van der Waals surface area contributed by atoms with Crippen molar-refractivity contribution in [2.75, 3.05) is 38.3 Å². The highest BCUT2D eigenvalue weighted by Gasteiger charge is 2.25. The van der Waals surface area contributed by atoms with Gasteiger partial charge in [-0.25, -0.2) is 4.39 Å². The first kappa shape index (κ1) is 17.0. The monoisotopic (exact) mass is 328 g/mol. The fraction of sp³-hybridized carbons (Fsp3) is 0.467. The molecule has 0 atom stereocenters. The summed E-state index contributed by atoms with van der Waals surface area (Å²) in [6, 6.07) is 4.57. The lowest BCUT2D eigenvalue weighted by atomic mass is 10.1. The Morgan fingerprint density at radius 2 is 2.05 bits per heavy atom. The molecule has 0 fully saturated rings. The second-order valence-corrected chi connectivity index (χ2v) is 6.78. The number of likely N-dealkylation sites (N-methyl/N-ethyl adjacent to an activating group) is 1. The Hall–Kier alpha value is -1.36. The Bertz CT molecular complexity index is 596. The van der Waals surface area contributed by atoms with Gasteiger partial charge in [0.05, 0.1) is 24.7 Å². The van der Waals surface area contributed by atoms with E-state index >= 15 is 0 Å². The Balaban J connectivity index is 2.50. The molecule has 0 amide bonds. The van der Waals surface area contributed by atoms with Crippen molar-refractivity contribution in [2.24, 2.45) is 0 Å². The van der Waals surface area contributed by atoms with Gasteiger partial charge in [-0.05, 0) is 32.0 Å². The van der Waals surface area contributed by atoms with E-state index in [-0.39, 0.29) is 19.0 Å². The van der Waals surface area contributed by atoms with Gasteiger partial charge in [-0.3, -0.25) is 4.57 Å². The molecule has 7 heteroatoms. The third kappa shape index (κ3) is 3.88. The van der Waals surface area contributed by atoms with Gasteiger partial charge < -0.3 is 19.3 Å². The molecule has 2 rings (SSSR count). The minimum absolute atomic E-state index is 0.275. The normalized spacial score (nSPS) is 17.1. The summed E-state index contributed by atoms with van der Waals surface area (Å²) < 4.78 is 36.9. The van der Waals surface area contributed by atoms with Crippen LogP contribution in [0.3, 0.4) is 0 Å². The first-order valence-corrected chi connectivity index (χ1v) is 8.97. The molecule has 0 saturated heterocycles. The molecule has 0 radical (unpaired) electrons. The second kappa shape index (κ2) is 7.27. The molecule has 5 nitrogen and oxygen atoms in total. The fourth-order valence-corrected chi connectivity index (χ4v) is 3.87. The molecule has 122 valence electrons. The van der Waals surface area contributed by atoms with Crippen LogP contribution in [0.5, 0.6) is 0 Å². The summed E-state index contributed by atoms with van der Waals surface area (Å²) in [6.45, 7) is 5.46. The van der Waals surface area contributed by atoms with Crippen LogP contribution in [0.15, 0.2) is 24.0 Å². The Labute approximate surface area is 130 Å². The first-order chi connectivity index (χ1) is 10.5. The third-order valence-corrected chi connectivity index (χ3v) is 5.14. The quantitative estimate of drug-likeness (QED) is 0.839. The van der Waals surface area contributed by atoms with Crippen LogP contribution in [0.1, 0.15) is 19.4 Å². The summed E-state index contributed by atoms with van der Waals surface area (Å²) in [4.78, 5) is 2.02. The van der Waals surface area contributed by atoms with E-state index in [1.807, 2.05) is 11.9 Å². The van der Waals surface area contributed by atoms with E-state index in [1.54, 1.807) is 19.9 Å². The summed E-state index contributed by atoms with van der Waals surface area (Å²) in [6.07, 6.45) is 0. The van der Waals surface area contributed by atoms with E-state index in [9.17, 15) is 8.96 Å².